The van der Waals surface area contributed by atoms with Crippen molar-refractivity contribution in [3.63, 3.8) is 0 Å². The SMILES string of the molecule is O=C1[C@@H]2CSCN2C(=O)[C@H]2CNCCN12. The van der Waals surface area contributed by atoms with Crippen LogP contribution in [0.25, 0.3) is 0 Å². The molecule has 82 valence electrons. The standard InChI is InChI=1S/C9H13N3O2S/c13-8-6-3-10-1-2-11(6)9(14)7-4-15-5-12(7)8/h6-7,10H,1-5H2/t6-,7+/m1/s1. The lowest BCUT2D eigenvalue weighted by Crippen LogP contribution is -2.68. The molecule has 0 bridgehead atoms. The van der Waals surface area contributed by atoms with Gasteiger partial charge in [0.15, 0.2) is 0 Å². The minimum absolute atomic E-state index is 0.122. The summed E-state index contributed by atoms with van der Waals surface area (Å²) in [6.07, 6.45) is 0. The molecule has 0 aliphatic carbocycles. The predicted octanol–water partition coefficient (Wildman–Crippen LogP) is -1.30. The van der Waals surface area contributed by atoms with Crippen LogP contribution in [0, 0.1) is 0 Å². The fourth-order valence-electron chi connectivity index (χ4n) is 2.44. The summed E-state index contributed by atoms with van der Waals surface area (Å²) in [5, 5.41) is 3.17. The van der Waals surface area contributed by atoms with Gasteiger partial charge < -0.3 is 15.1 Å². The Bertz CT molecular complexity index is 292. The van der Waals surface area contributed by atoms with Crippen molar-refractivity contribution in [2.45, 2.75) is 12.1 Å². The van der Waals surface area contributed by atoms with Crippen molar-refractivity contribution in [2.75, 3.05) is 31.3 Å². The molecule has 6 heteroatoms. The number of rotatable bonds is 0. The molecule has 0 aromatic carbocycles. The van der Waals surface area contributed by atoms with Crippen molar-refractivity contribution in [3.05, 3.63) is 0 Å². The molecule has 0 radical (unpaired) electrons. The number of hydrogen-bond donors (Lipinski definition) is 1. The van der Waals surface area contributed by atoms with E-state index in [0.717, 1.165) is 12.3 Å². The molecular formula is C9H13N3O2S. The third-order valence-electron chi connectivity index (χ3n) is 3.26. The van der Waals surface area contributed by atoms with E-state index in [4.69, 9.17) is 0 Å². The first-order chi connectivity index (χ1) is 7.29. The monoisotopic (exact) mass is 227 g/mol. The van der Waals surface area contributed by atoms with Gasteiger partial charge >= 0.3 is 0 Å². The Labute approximate surface area is 92.2 Å². The van der Waals surface area contributed by atoms with E-state index in [1.165, 1.54) is 0 Å². The second-order valence-corrected chi connectivity index (χ2v) is 5.08. The molecule has 5 nitrogen and oxygen atoms in total. The van der Waals surface area contributed by atoms with Crippen molar-refractivity contribution in [3.8, 4) is 0 Å². The number of fused-ring (bicyclic) bond motifs is 2. The van der Waals surface area contributed by atoms with E-state index >= 15 is 0 Å². The smallest absolute Gasteiger partial charge is 0.248 e. The van der Waals surface area contributed by atoms with Crippen LogP contribution in [-0.4, -0.2) is 65.0 Å². The van der Waals surface area contributed by atoms with Crippen molar-refractivity contribution in [2.24, 2.45) is 0 Å². The summed E-state index contributed by atoms with van der Waals surface area (Å²) in [4.78, 5) is 27.6. The molecule has 15 heavy (non-hydrogen) atoms. The molecule has 0 spiro atoms. The summed E-state index contributed by atoms with van der Waals surface area (Å²) in [5.41, 5.74) is 0. The van der Waals surface area contributed by atoms with Gasteiger partial charge in [0.2, 0.25) is 11.8 Å². The summed E-state index contributed by atoms with van der Waals surface area (Å²) in [5.74, 6) is 1.71. The molecule has 0 saturated carbocycles. The highest BCUT2D eigenvalue weighted by molar-refractivity contribution is 7.99. The van der Waals surface area contributed by atoms with E-state index in [-0.39, 0.29) is 23.9 Å². The Morgan fingerprint density at radius 1 is 1.20 bits per heavy atom. The van der Waals surface area contributed by atoms with E-state index < -0.39 is 0 Å². The maximum absolute atomic E-state index is 12.1. The van der Waals surface area contributed by atoms with E-state index in [9.17, 15) is 9.59 Å². The van der Waals surface area contributed by atoms with Gasteiger partial charge in [0.1, 0.15) is 12.1 Å². The minimum Gasteiger partial charge on any atom is -0.326 e. The molecule has 3 aliphatic heterocycles. The zero-order valence-electron chi connectivity index (χ0n) is 8.31. The highest BCUT2D eigenvalue weighted by Crippen LogP contribution is 2.28. The third-order valence-corrected chi connectivity index (χ3v) is 4.27. The average molecular weight is 227 g/mol. The zero-order chi connectivity index (χ0) is 10.4. The third kappa shape index (κ3) is 1.28. The first kappa shape index (κ1) is 9.47. The van der Waals surface area contributed by atoms with Crippen LogP contribution in [0.5, 0.6) is 0 Å². The average Bonchev–Trinajstić information content (AvgIpc) is 2.75. The normalized spacial score (nSPS) is 35.5. The number of carbonyl (C=O) groups is 2. The van der Waals surface area contributed by atoms with Crippen LogP contribution in [0.15, 0.2) is 0 Å². The highest BCUT2D eigenvalue weighted by atomic mass is 32.2. The van der Waals surface area contributed by atoms with Crippen molar-refractivity contribution in [1.82, 2.24) is 15.1 Å². The summed E-state index contributed by atoms with van der Waals surface area (Å²) in [7, 11) is 0. The van der Waals surface area contributed by atoms with Gasteiger partial charge in [-0.3, -0.25) is 9.59 Å². The summed E-state index contributed by atoms with van der Waals surface area (Å²) in [6, 6.07) is -0.432. The summed E-state index contributed by atoms with van der Waals surface area (Å²) in [6.45, 7) is 2.08. The first-order valence-electron chi connectivity index (χ1n) is 5.18. The molecule has 3 heterocycles. The molecule has 3 rings (SSSR count). The largest absolute Gasteiger partial charge is 0.326 e. The van der Waals surface area contributed by atoms with Crippen molar-refractivity contribution in [1.29, 1.82) is 0 Å². The van der Waals surface area contributed by atoms with Crippen LogP contribution >= 0.6 is 11.8 Å². The maximum Gasteiger partial charge on any atom is 0.248 e. The Morgan fingerprint density at radius 3 is 2.87 bits per heavy atom. The van der Waals surface area contributed by atoms with Crippen LogP contribution < -0.4 is 5.32 Å². The Hall–Kier alpha value is -0.750. The Morgan fingerprint density at radius 2 is 2.00 bits per heavy atom. The van der Waals surface area contributed by atoms with Crippen molar-refractivity contribution < 1.29 is 9.59 Å². The summed E-state index contributed by atoms with van der Waals surface area (Å²) < 4.78 is 0. The van der Waals surface area contributed by atoms with Crippen LogP contribution in [0.3, 0.4) is 0 Å². The first-order valence-corrected chi connectivity index (χ1v) is 6.34. The number of piperazine rings is 2. The van der Waals surface area contributed by atoms with Gasteiger partial charge in [-0.2, -0.15) is 0 Å². The zero-order valence-corrected chi connectivity index (χ0v) is 9.13. The Balaban J connectivity index is 1.92. The molecule has 3 fully saturated rings. The van der Waals surface area contributed by atoms with Gasteiger partial charge in [-0.25, -0.2) is 0 Å². The molecule has 0 unspecified atom stereocenters. The van der Waals surface area contributed by atoms with Gasteiger partial charge in [-0.05, 0) is 0 Å². The van der Waals surface area contributed by atoms with Crippen LogP contribution in [0.4, 0.5) is 0 Å². The number of carbonyl (C=O) groups excluding carboxylic acids is 2. The van der Waals surface area contributed by atoms with Crippen LogP contribution in [0.2, 0.25) is 0 Å². The van der Waals surface area contributed by atoms with E-state index in [0.29, 0.717) is 19.0 Å². The number of nitrogens with zero attached hydrogens (tertiary/aromatic N) is 2. The van der Waals surface area contributed by atoms with Crippen LogP contribution in [-0.2, 0) is 9.59 Å². The topological polar surface area (TPSA) is 52.7 Å². The van der Waals surface area contributed by atoms with Gasteiger partial charge in [0.05, 0.1) is 5.88 Å². The van der Waals surface area contributed by atoms with Gasteiger partial charge in [0.25, 0.3) is 0 Å². The predicted molar refractivity (Wildman–Crippen MR) is 56.3 cm³/mol. The Kier molecular flexibility index (Phi) is 2.14. The minimum atomic E-state index is -0.249. The van der Waals surface area contributed by atoms with Gasteiger partial charge in [-0.15, -0.1) is 11.8 Å². The lowest BCUT2D eigenvalue weighted by Gasteiger charge is -2.44. The second kappa shape index (κ2) is 3.38. The quantitative estimate of drug-likeness (QED) is 0.559. The fourth-order valence-corrected chi connectivity index (χ4v) is 3.59. The molecular weight excluding hydrogens is 214 g/mol. The second-order valence-electron chi connectivity index (χ2n) is 4.08. The van der Waals surface area contributed by atoms with E-state index in [1.54, 1.807) is 21.6 Å². The molecule has 3 aliphatic rings. The molecule has 2 amide bonds. The maximum atomic E-state index is 12.1. The molecule has 3 saturated heterocycles. The van der Waals surface area contributed by atoms with E-state index in [1.807, 2.05) is 0 Å². The van der Waals surface area contributed by atoms with E-state index in [2.05, 4.69) is 5.32 Å². The molecule has 1 N–H and O–H groups in total. The number of hydrogen-bond acceptors (Lipinski definition) is 4. The molecule has 0 aromatic heterocycles. The number of thioether (sulfide) groups is 1. The highest BCUT2D eigenvalue weighted by Gasteiger charge is 2.48. The van der Waals surface area contributed by atoms with Crippen LogP contribution in [0.1, 0.15) is 0 Å². The van der Waals surface area contributed by atoms with Gasteiger partial charge in [0, 0.05) is 25.4 Å². The number of nitrogens with one attached hydrogen (secondary N) is 1. The number of amides is 2. The fraction of sp³-hybridized carbons (Fsp3) is 0.778. The summed E-state index contributed by atoms with van der Waals surface area (Å²) >= 11 is 1.67. The molecule has 2 atom stereocenters. The molecule has 0 aromatic rings. The lowest BCUT2D eigenvalue weighted by atomic mass is 10.0. The van der Waals surface area contributed by atoms with Crippen molar-refractivity contribution >= 4 is 23.6 Å². The lowest BCUT2D eigenvalue weighted by molar-refractivity contribution is -0.159. The van der Waals surface area contributed by atoms with Gasteiger partial charge in [-0.1, -0.05) is 0 Å².